The summed E-state index contributed by atoms with van der Waals surface area (Å²) in [5.41, 5.74) is 3.27. The lowest BCUT2D eigenvalue weighted by Gasteiger charge is -2.37. The van der Waals surface area contributed by atoms with Crippen molar-refractivity contribution in [2.75, 3.05) is 17.8 Å². The Bertz CT molecular complexity index is 1770. The Balaban J connectivity index is 1.26. The number of halogens is 4. The molecule has 2 heterocycles. The number of alkyl halides is 3. The summed E-state index contributed by atoms with van der Waals surface area (Å²) in [6, 6.07) is 16.7. The van der Waals surface area contributed by atoms with Crippen LogP contribution in [-0.4, -0.2) is 51.2 Å². The van der Waals surface area contributed by atoms with E-state index in [2.05, 4.69) is 45.9 Å². The number of thioether (sulfide) groups is 1. The highest BCUT2D eigenvalue weighted by Gasteiger charge is 2.31. The van der Waals surface area contributed by atoms with Crippen LogP contribution < -0.4 is 19.7 Å². The summed E-state index contributed by atoms with van der Waals surface area (Å²) in [7, 11) is 1.61. The second-order valence-electron chi connectivity index (χ2n) is 10.9. The van der Waals surface area contributed by atoms with Crippen LogP contribution in [0.15, 0.2) is 84.2 Å². The summed E-state index contributed by atoms with van der Waals surface area (Å²) in [6.07, 6.45) is -1.51. The molecule has 0 bridgehead atoms. The Morgan fingerprint density at radius 2 is 1.79 bits per heavy atom. The van der Waals surface area contributed by atoms with Crippen molar-refractivity contribution in [1.82, 2.24) is 20.1 Å². The lowest BCUT2D eigenvalue weighted by atomic mass is 9.99. The highest BCUT2D eigenvalue weighted by molar-refractivity contribution is 8.14. The van der Waals surface area contributed by atoms with Crippen LogP contribution in [0.25, 0.3) is 22.9 Å². The first kappa shape index (κ1) is 33.5. The predicted molar refractivity (Wildman–Crippen MR) is 175 cm³/mol. The van der Waals surface area contributed by atoms with Crippen LogP contribution in [0.4, 0.5) is 28.0 Å². The molecule has 1 unspecified atom stereocenters. The topological polar surface area (TPSA) is 93.9 Å². The van der Waals surface area contributed by atoms with Gasteiger partial charge in [0.05, 0.1) is 18.5 Å². The monoisotopic (exact) mass is 668 g/mol. The largest absolute Gasteiger partial charge is 0.573 e. The van der Waals surface area contributed by atoms with Crippen molar-refractivity contribution < 1.29 is 31.8 Å². The van der Waals surface area contributed by atoms with Crippen molar-refractivity contribution in [3.63, 3.8) is 0 Å². The molecule has 1 aromatic heterocycles. The standard InChI is InChI=1S/C33H32F4N6O3S/c1-20(2)27-14-13-26(45-4)17-29(27)43-21(3)15-16-47-32(43)40-31(44)38-18-28(34)22-5-7-23(8-6-22)30-39-19-42(41-30)24-9-11-25(12-10-24)46-33(35,36)37/h5-14,17-21H,15-16H2,1-4H3,(H,38,44)/b28-18-,40-32-. The molecule has 0 aliphatic carbocycles. The molecule has 1 saturated heterocycles. The van der Waals surface area contributed by atoms with Crippen LogP contribution in [0.5, 0.6) is 11.5 Å². The third-order valence-corrected chi connectivity index (χ3v) is 8.28. The first-order valence-corrected chi connectivity index (χ1v) is 15.6. The minimum atomic E-state index is -4.78. The van der Waals surface area contributed by atoms with E-state index in [9.17, 15) is 18.0 Å². The highest BCUT2D eigenvalue weighted by atomic mass is 32.2. The van der Waals surface area contributed by atoms with Gasteiger partial charge in [-0.05, 0) is 55.2 Å². The van der Waals surface area contributed by atoms with Gasteiger partial charge in [-0.15, -0.1) is 18.3 Å². The van der Waals surface area contributed by atoms with E-state index in [-0.39, 0.29) is 23.3 Å². The van der Waals surface area contributed by atoms with Crippen LogP contribution in [-0.2, 0) is 0 Å². The number of benzene rings is 3. The molecule has 3 aromatic carbocycles. The number of nitrogens with one attached hydrogen (secondary N) is 1. The lowest BCUT2D eigenvalue weighted by Crippen LogP contribution is -2.42. The van der Waals surface area contributed by atoms with Crippen molar-refractivity contribution in [3.05, 3.63) is 90.4 Å². The number of rotatable bonds is 8. The highest BCUT2D eigenvalue weighted by Crippen LogP contribution is 2.37. The number of hydrogen-bond donors (Lipinski definition) is 1. The summed E-state index contributed by atoms with van der Waals surface area (Å²) in [5.74, 6) is 1.00. The molecule has 4 aromatic rings. The molecule has 1 fully saturated rings. The van der Waals surface area contributed by atoms with Gasteiger partial charge < -0.3 is 19.7 Å². The lowest BCUT2D eigenvalue weighted by molar-refractivity contribution is -0.274. The number of carbonyl (C=O) groups is 1. The SMILES string of the molecule is COc1ccc(C(C)C)c(N2/C(=N/C(=O)N/C=C(\F)c3ccc(-c4ncn(-c5ccc(OC(F)(F)F)cc5)n4)cc3)SCCC2C)c1. The molecule has 0 radical (unpaired) electrons. The van der Waals surface area contributed by atoms with Gasteiger partial charge in [-0.1, -0.05) is 55.9 Å². The van der Waals surface area contributed by atoms with E-state index in [1.165, 1.54) is 59.2 Å². The third-order valence-electron chi connectivity index (χ3n) is 7.30. The second kappa shape index (κ2) is 14.3. The van der Waals surface area contributed by atoms with Crippen molar-refractivity contribution in [3.8, 4) is 28.6 Å². The average Bonchev–Trinajstić information content (AvgIpc) is 3.53. The molecule has 1 aliphatic heterocycles. The smallest absolute Gasteiger partial charge is 0.497 e. The Hall–Kier alpha value is -4.85. The fourth-order valence-corrected chi connectivity index (χ4v) is 6.11. The number of methoxy groups -OCH3 is 1. The quantitative estimate of drug-likeness (QED) is 0.189. The Morgan fingerprint density at radius 1 is 1.09 bits per heavy atom. The molecule has 47 heavy (non-hydrogen) atoms. The third kappa shape index (κ3) is 8.30. The first-order chi connectivity index (χ1) is 22.4. The van der Waals surface area contributed by atoms with E-state index in [4.69, 9.17) is 4.74 Å². The summed E-state index contributed by atoms with van der Waals surface area (Å²) in [5, 5.41) is 7.30. The molecule has 1 aliphatic rings. The fourth-order valence-electron chi connectivity index (χ4n) is 4.91. The molecule has 1 N–H and O–H groups in total. The molecule has 2 amide bonds. The molecule has 14 heteroatoms. The van der Waals surface area contributed by atoms with E-state index < -0.39 is 18.2 Å². The van der Waals surface area contributed by atoms with Gasteiger partial charge in [-0.25, -0.2) is 18.9 Å². The summed E-state index contributed by atoms with van der Waals surface area (Å²) in [4.78, 5) is 23.4. The van der Waals surface area contributed by atoms with Gasteiger partial charge in [0, 0.05) is 35.2 Å². The van der Waals surface area contributed by atoms with E-state index >= 15 is 4.39 Å². The van der Waals surface area contributed by atoms with E-state index in [1.807, 2.05) is 23.1 Å². The summed E-state index contributed by atoms with van der Waals surface area (Å²) >= 11 is 1.46. The fraction of sp³-hybridized carbons (Fsp3) is 0.273. The van der Waals surface area contributed by atoms with Gasteiger partial charge in [0.15, 0.2) is 11.0 Å². The van der Waals surface area contributed by atoms with Crippen LogP contribution in [0, 0.1) is 0 Å². The molecule has 246 valence electrons. The summed E-state index contributed by atoms with van der Waals surface area (Å²) < 4.78 is 63.1. The number of carbonyl (C=O) groups excluding carboxylic acids is 1. The zero-order valence-electron chi connectivity index (χ0n) is 26.0. The van der Waals surface area contributed by atoms with Crippen LogP contribution in [0.1, 0.15) is 44.2 Å². The molecular formula is C33H32F4N6O3S. The van der Waals surface area contributed by atoms with E-state index in [1.54, 1.807) is 19.2 Å². The zero-order valence-corrected chi connectivity index (χ0v) is 26.8. The van der Waals surface area contributed by atoms with Crippen molar-refractivity contribution >= 4 is 34.5 Å². The van der Waals surface area contributed by atoms with Crippen molar-refractivity contribution in [2.45, 2.75) is 45.5 Å². The first-order valence-electron chi connectivity index (χ1n) is 14.7. The normalized spacial score (nSPS) is 16.4. The van der Waals surface area contributed by atoms with Gasteiger partial charge in [-0.3, -0.25) is 0 Å². The maximum Gasteiger partial charge on any atom is 0.573 e. The maximum atomic E-state index is 15.1. The van der Waals surface area contributed by atoms with E-state index in [0.29, 0.717) is 28.0 Å². The number of urea groups is 1. The number of aromatic nitrogens is 3. The van der Waals surface area contributed by atoms with Crippen LogP contribution in [0.3, 0.4) is 0 Å². The maximum absolute atomic E-state index is 15.1. The second-order valence-corrected chi connectivity index (χ2v) is 12.0. The number of nitrogens with zero attached hydrogens (tertiary/aromatic N) is 5. The van der Waals surface area contributed by atoms with Gasteiger partial charge in [-0.2, -0.15) is 4.99 Å². The number of ether oxygens (including phenoxy) is 2. The molecule has 9 nitrogen and oxygen atoms in total. The summed E-state index contributed by atoms with van der Waals surface area (Å²) in [6.45, 7) is 6.28. The molecule has 0 saturated carbocycles. The molecule has 1 atom stereocenters. The van der Waals surface area contributed by atoms with Crippen molar-refractivity contribution in [1.29, 1.82) is 0 Å². The van der Waals surface area contributed by atoms with Gasteiger partial charge in [0.25, 0.3) is 0 Å². The minimum absolute atomic E-state index is 0.0810. The van der Waals surface area contributed by atoms with Gasteiger partial charge in [0.2, 0.25) is 0 Å². The predicted octanol–water partition coefficient (Wildman–Crippen LogP) is 8.33. The molecule has 0 spiro atoms. The van der Waals surface area contributed by atoms with Crippen LogP contribution >= 0.6 is 11.8 Å². The number of amides is 2. The minimum Gasteiger partial charge on any atom is -0.497 e. The number of anilines is 1. The number of amidine groups is 1. The molecular weight excluding hydrogens is 636 g/mol. The Morgan fingerprint density at radius 3 is 2.45 bits per heavy atom. The van der Waals surface area contributed by atoms with Crippen molar-refractivity contribution in [2.24, 2.45) is 4.99 Å². The van der Waals surface area contributed by atoms with Crippen LogP contribution in [0.2, 0.25) is 0 Å². The number of aliphatic imine (C=N–C) groups is 1. The van der Waals surface area contributed by atoms with E-state index in [0.717, 1.165) is 29.6 Å². The van der Waals surface area contributed by atoms with Gasteiger partial charge in [0.1, 0.15) is 23.7 Å². The number of hydrogen-bond acceptors (Lipinski definition) is 6. The van der Waals surface area contributed by atoms with Gasteiger partial charge >= 0.3 is 12.4 Å². The Kier molecular flexibility index (Phi) is 10.2. The molecule has 5 rings (SSSR count). The average molecular weight is 669 g/mol. The zero-order chi connectivity index (χ0) is 33.7. The Labute approximate surface area is 273 Å².